The predicted octanol–water partition coefficient (Wildman–Crippen LogP) is 5.23. The molecule has 0 atom stereocenters. The maximum atomic E-state index is 12.9. The molecule has 1 amide bonds. The summed E-state index contributed by atoms with van der Waals surface area (Å²) < 4.78 is 11.0. The first-order chi connectivity index (χ1) is 14.1. The van der Waals surface area contributed by atoms with Crippen LogP contribution in [0, 0.1) is 6.92 Å². The second-order valence-electron chi connectivity index (χ2n) is 6.65. The van der Waals surface area contributed by atoms with Gasteiger partial charge in [0.2, 0.25) is 5.78 Å². The first kappa shape index (κ1) is 18.5. The Hall–Kier alpha value is -3.86. The van der Waals surface area contributed by atoms with Crippen LogP contribution in [0.2, 0.25) is 0 Å². The normalized spacial score (nSPS) is 10.7. The van der Waals surface area contributed by atoms with Crippen LogP contribution in [-0.2, 0) is 0 Å². The fraction of sp³-hybridized carbons (Fsp3) is 0.0833. The molecule has 0 aliphatic carbocycles. The lowest BCUT2D eigenvalue weighted by Crippen LogP contribution is -2.11. The average Bonchev–Trinajstić information content (AvgIpc) is 3.10. The van der Waals surface area contributed by atoms with Gasteiger partial charge in [-0.05, 0) is 49.4 Å². The standard InChI is InChI=1S/C24H19NO4/c1-15-20-14-18(25-24(27)16-7-4-3-5-8-16)11-12-21(20)29-23(15)22(26)17-9-6-10-19(13-17)28-2/h3-14H,1-2H3,(H,25,27). The lowest BCUT2D eigenvalue weighted by Gasteiger charge is -2.05. The number of aryl methyl sites for hydroxylation is 1. The fourth-order valence-corrected chi connectivity index (χ4v) is 3.20. The smallest absolute Gasteiger partial charge is 0.255 e. The first-order valence-corrected chi connectivity index (χ1v) is 9.15. The van der Waals surface area contributed by atoms with Crippen molar-refractivity contribution >= 4 is 28.3 Å². The minimum absolute atomic E-state index is 0.196. The quantitative estimate of drug-likeness (QED) is 0.478. The summed E-state index contributed by atoms with van der Waals surface area (Å²) in [7, 11) is 1.56. The number of carbonyl (C=O) groups is 2. The molecule has 0 unspecified atom stereocenters. The van der Waals surface area contributed by atoms with E-state index in [4.69, 9.17) is 9.15 Å². The van der Waals surface area contributed by atoms with E-state index in [0.29, 0.717) is 28.1 Å². The van der Waals surface area contributed by atoms with Crippen molar-refractivity contribution in [2.75, 3.05) is 12.4 Å². The van der Waals surface area contributed by atoms with Gasteiger partial charge >= 0.3 is 0 Å². The zero-order valence-electron chi connectivity index (χ0n) is 16.1. The molecule has 0 spiro atoms. The van der Waals surface area contributed by atoms with Crippen LogP contribution in [0.15, 0.2) is 77.2 Å². The Labute approximate surface area is 167 Å². The summed E-state index contributed by atoms with van der Waals surface area (Å²) in [6.07, 6.45) is 0. The molecular formula is C24H19NO4. The van der Waals surface area contributed by atoms with E-state index in [1.165, 1.54) is 0 Å². The highest BCUT2D eigenvalue weighted by molar-refractivity contribution is 6.11. The van der Waals surface area contributed by atoms with Crippen molar-refractivity contribution in [2.45, 2.75) is 6.92 Å². The number of nitrogens with one attached hydrogen (secondary N) is 1. The van der Waals surface area contributed by atoms with Crippen LogP contribution >= 0.6 is 0 Å². The third kappa shape index (κ3) is 3.62. The van der Waals surface area contributed by atoms with Crippen molar-refractivity contribution in [3.05, 3.63) is 95.2 Å². The molecule has 0 bridgehead atoms. The molecule has 3 aromatic carbocycles. The lowest BCUT2D eigenvalue weighted by molar-refractivity contribution is 0.101. The van der Waals surface area contributed by atoms with E-state index >= 15 is 0 Å². The molecule has 0 radical (unpaired) electrons. The Morgan fingerprint density at radius 3 is 2.41 bits per heavy atom. The maximum absolute atomic E-state index is 12.9. The van der Waals surface area contributed by atoms with Crippen molar-refractivity contribution in [3.63, 3.8) is 0 Å². The highest BCUT2D eigenvalue weighted by atomic mass is 16.5. The van der Waals surface area contributed by atoms with Gasteiger partial charge in [0.25, 0.3) is 5.91 Å². The van der Waals surface area contributed by atoms with Gasteiger partial charge < -0.3 is 14.5 Å². The molecule has 4 rings (SSSR count). The van der Waals surface area contributed by atoms with Gasteiger partial charge in [-0.2, -0.15) is 0 Å². The number of ether oxygens (including phenoxy) is 1. The summed E-state index contributed by atoms with van der Waals surface area (Å²) in [6, 6.07) is 21.3. The van der Waals surface area contributed by atoms with Crippen molar-refractivity contribution in [3.8, 4) is 5.75 Å². The Kier molecular flexibility index (Phi) is 4.87. The van der Waals surface area contributed by atoms with E-state index in [1.807, 2.05) is 31.2 Å². The van der Waals surface area contributed by atoms with Crippen molar-refractivity contribution in [1.29, 1.82) is 0 Å². The average molecular weight is 385 g/mol. The van der Waals surface area contributed by atoms with Crippen LogP contribution in [0.1, 0.15) is 32.0 Å². The monoisotopic (exact) mass is 385 g/mol. The molecule has 1 heterocycles. The van der Waals surface area contributed by atoms with Crippen LogP contribution in [0.5, 0.6) is 5.75 Å². The number of rotatable bonds is 5. The number of ketones is 1. The van der Waals surface area contributed by atoms with Crippen LogP contribution in [0.25, 0.3) is 11.0 Å². The topological polar surface area (TPSA) is 68.5 Å². The molecule has 144 valence electrons. The van der Waals surface area contributed by atoms with E-state index in [0.717, 1.165) is 10.9 Å². The Bertz CT molecular complexity index is 1210. The van der Waals surface area contributed by atoms with E-state index in [1.54, 1.807) is 55.6 Å². The number of fused-ring (bicyclic) bond motifs is 1. The third-order valence-corrected chi connectivity index (χ3v) is 4.77. The minimum Gasteiger partial charge on any atom is -0.497 e. The molecule has 1 N–H and O–H groups in total. The van der Waals surface area contributed by atoms with Crippen molar-refractivity contribution in [1.82, 2.24) is 0 Å². The molecular weight excluding hydrogens is 366 g/mol. The number of anilines is 1. The van der Waals surface area contributed by atoms with Crippen molar-refractivity contribution < 1.29 is 18.7 Å². The summed E-state index contributed by atoms with van der Waals surface area (Å²) >= 11 is 0. The van der Waals surface area contributed by atoms with E-state index in [2.05, 4.69) is 5.32 Å². The predicted molar refractivity (Wildman–Crippen MR) is 112 cm³/mol. The molecule has 0 saturated heterocycles. The lowest BCUT2D eigenvalue weighted by atomic mass is 10.0. The second kappa shape index (κ2) is 7.64. The van der Waals surface area contributed by atoms with E-state index in [9.17, 15) is 9.59 Å². The molecule has 0 aliphatic heterocycles. The van der Waals surface area contributed by atoms with Gasteiger partial charge in [-0.3, -0.25) is 9.59 Å². The van der Waals surface area contributed by atoms with E-state index < -0.39 is 0 Å². The van der Waals surface area contributed by atoms with Crippen LogP contribution in [0.3, 0.4) is 0 Å². The number of methoxy groups -OCH3 is 1. The van der Waals surface area contributed by atoms with Gasteiger partial charge in [0.1, 0.15) is 11.3 Å². The number of furan rings is 1. The van der Waals surface area contributed by atoms with Gasteiger partial charge in [-0.25, -0.2) is 0 Å². The molecule has 5 nitrogen and oxygen atoms in total. The van der Waals surface area contributed by atoms with Crippen LogP contribution in [-0.4, -0.2) is 18.8 Å². The summed E-state index contributed by atoms with van der Waals surface area (Å²) in [6.45, 7) is 1.84. The van der Waals surface area contributed by atoms with E-state index in [-0.39, 0.29) is 17.5 Å². The second-order valence-corrected chi connectivity index (χ2v) is 6.65. The highest BCUT2D eigenvalue weighted by Crippen LogP contribution is 2.30. The molecule has 0 fully saturated rings. The zero-order valence-corrected chi connectivity index (χ0v) is 16.1. The third-order valence-electron chi connectivity index (χ3n) is 4.77. The summed E-state index contributed by atoms with van der Waals surface area (Å²) in [5, 5.41) is 3.66. The summed E-state index contributed by atoms with van der Waals surface area (Å²) in [5.41, 5.74) is 3.01. The van der Waals surface area contributed by atoms with Crippen LogP contribution < -0.4 is 10.1 Å². The maximum Gasteiger partial charge on any atom is 0.255 e. The summed E-state index contributed by atoms with van der Waals surface area (Å²) in [4.78, 5) is 25.3. The van der Waals surface area contributed by atoms with Gasteiger partial charge in [0.05, 0.1) is 7.11 Å². The minimum atomic E-state index is -0.215. The van der Waals surface area contributed by atoms with Crippen LogP contribution in [0.4, 0.5) is 5.69 Å². The van der Waals surface area contributed by atoms with Crippen molar-refractivity contribution in [2.24, 2.45) is 0 Å². The summed E-state index contributed by atoms with van der Waals surface area (Å²) in [5.74, 6) is 0.474. The largest absolute Gasteiger partial charge is 0.497 e. The molecule has 0 aliphatic rings. The number of hydrogen-bond acceptors (Lipinski definition) is 4. The Morgan fingerprint density at radius 1 is 0.897 bits per heavy atom. The molecule has 29 heavy (non-hydrogen) atoms. The molecule has 0 saturated carbocycles. The fourth-order valence-electron chi connectivity index (χ4n) is 3.20. The van der Waals surface area contributed by atoms with Gasteiger partial charge in [-0.1, -0.05) is 30.3 Å². The number of benzene rings is 3. The number of amides is 1. The van der Waals surface area contributed by atoms with Gasteiger partial charge in [0, 0.05) is 27.8 Å². The molecule has 1 aromatic heterocycles. The number of carbonyl (C=O) groups excluding carboxylic acids is 2. The Balaban J connectivity index is 1.65. The van der Waals surface area contributed by atoms with Gasteiger partial charge in [-0.15, -0.1) is 0 Å². The first-order valence-electron chi connectivity index (χ1n) is 9.15. The number of hydrogen-bond donors (Lipinski definition) is 1. The highest BCUT2D eigenvalue weighted by Gasteiger charge is 2.20. The zero-order chi connectivity index (χ0) is 20.4. The molecule has 5 heteroatoms. The van der Waals surface area contributed by atoms with Gasteiger partial charge in [0.15, 0.2) is 5.76 Å². The Morgan fingerprint density at radius 2 is 1.66 bits per heavy atom. The molecule has 4 aromatic rings. The SMILES string of the molecule is COc1cccc(C(=O)c2oc3ccc(NC(=O)c4ccccc4)cc3c2C)c1.